The van der Waals surface area contributed by atoms with Crippen LogP contribution in [-0.2, 0) is 0 Å². The summed E-state index contributed by atoms with van der Waals surface area (Å²) in [6, 6.07) is 20.2. The Morgan fingerprint density at radius 1 is 0.909 bits per heavy atom. The highest BCUT2D eigenvalue weighted by Crippen LogP contribution is 2.25. The van der Waals surface area contributed by atoms with E-state index < -0.39 is 0 Å². The van der Waals surface area contributed by atoms with Gasteiger partial charge < -0.3 is 5.73 Å². The fourth-order valence-corrected chi connectivity index (χ4v) is 2.46. The number of hydrogen-bond acceptors (Lipinski definition) is 1. The van der Waals surface area contributed by atoms with Gasteiger partial charge in [-0.2, -0.15) is 0 Å². The van der Waals surface area contributed by atoms with Crippen molar-refractivity contribution < 1.29 is 0 Å². The molecule has 1 aliphatic rings. The third kappa shape index (κ3) is 3.26. The maximum Gasteiger partial charge on any atom is 0.201 e. The Morgan fingerprint density at radius 2 is 1.50 bits per heavy atom. The molecule has 110 valence electrons. The van der Waals surface area contributed by atoms with Crippen molar-refractivity contribution >= 4 is 17.3 Å². The molecule has 2 N–H and O–H groups in total. The predicted octanol–water partition coefficient (Wildman–Crippen LogP) is 4.02. The monoisotopic (exact) mass is 289 g/mol. The molecule has 1 atom stereocenters. The lowest BCUT2D eigenvalue weighted by Gasteiger charge is -2.25. The van der Waals surface area contributed by atoms with Crippen LogP contribution in [0.1, 0.15) is 6.42 Å². The molecule has 3 rings (SSSR count). The van der Waals surface area contributed by atoms with Crippen LogP contribution in [0.25, 0.3) is 0 Å². The lowest BCUT2D eigenvalue weighted by molar-refractivity contribution is 0.822. The topological polar surface area (TPSA) is 41.6 Å². The summed E-state index contributed by atoms with van der Waals surface area (Å²) >= 11 is 0. The zero-order chi connectivity index (χ0) is 15.2. The number of aliphatic imine (C=N–C) groups is 1. The van der Waals surface area contributed by atoms with Crippen LogP contribution >= 0.6 is 0 Å². The number of benzene rings is 2. The van der Waals surface area contributed by atoms with E-state index in [1.807, 2.05) is 77.7 Å². The maximum atomic E-state index is 6.33. The first kappa shape index (κ1) is 14.1. The van der Waals surface area contributed by atoms with Crippen molar-refractivity contribution in [3.63, 3.8) is 0 Å². The lowest BCUT2D eigenvalue weighted by Crippen LogP contribution is -2.34. The summed E-state index contributed by atoms with van der Waals surface area (Å²) in [5.41, 5.74) is 8.34. The fourth-order valence-electron chi connectivity index (χ4n) is 2.46. The molecule has 0 heterocycles. The van der Waals surface area contributed by atoms with Gasteiger partial charge in [0, 0.05) is 11.4 Å². The number of para-hydroxylation sites is 2. The Balaban J connectivity index is 1.97. The van der Waals surface area contributed by atoms with E-state index in [4.69, 9.17) is 5.73 Å². The van der Waals surface area contributed by atoms with Crippen molar-refractivity contribution in [3.8, 4) is 0 Å². The van der Waals surface area contributed by atoms with Crippen molar-refractivity contribution in [2.75, 3.05) is 4.90 Å². The lowest BCUT2D eigenvalue weighted by atomic mass is 10.1. The molecule has 2 aromatic rings. The van der Waals surface area contributed by atoms with E-state index in [1.165, 1.54) is 0 Å². The smallest absolute Gasteiger partial charge is 0.201 e. The minimum atomic E-state index is 0.0972. The van der Waals surface area contributed by atoms with E-state index in [-0.39, 0.29) is 6.04 Å². The van der Waals surface area contributed by atoms with Crippen LogP contribution in [0.2, 0.25) is 0 Å². The van der Waals surface area contributed by atoms with E-state index >= 15 is 0 Å². The molecule has 0 aromatic heterocycles. The van der Waals surface area contributed by atoms with E-state index in [0.717, 1.165) is 17.8 Å². The van der Waals surface area contributed by atoms with Crippen molar-refractivity contribution in [1.82, 2.24) is 0 Å². The molecular weight excluding hydrogens is 270 g/mol. The van der Waals surface area contributed by atoms with Crippen LogP contribution in [0.15, 0.2) is 90.0 Å². The second-order valence-corrected chi connectivity index (χ2v) is 5.11. The van der Waals surface area contributed by atoms with Crippen LogP contribution in [0.5, 0.6) is 0 Å². The number of hydrogen-bond donors (Lipinski definition) is 1. The van der Waals surface area contributed by atoms with Crippen molar-refractivity contribution in [2.24, 2.45) is 10.7 Å². The van der Waals surface area contributed by atoms with Crippen LogP contribution in [-0.4, -0.2) is 12.0 Å². The number of allylic oxidation sites excluding steroid dienone is 2. The van der Waals surface area contributed by atoms with Gasteiger partial charge in [0.15, 0.2) is 0 Å². The molecule has 22 heavy (non-hydrogen) atoms. The summed E-state index contributed by atoms with van der Waals surface area (Å²) in [5, 5.41) is 0. The van der Waals surface area contributed by atoms with Gasteiger partial charge in [-0.25, -0.2) is 4.99 Å². The summed E-state index contributed by atoms with van der Waals surface area (Å²) in [7, 11) is 0. The largest absolute Gasteiger partial charge is 0.369 e. The van der Waals surface area contributed by atoms with Gasteiger partial charge in [-0.15, -0.1) is 0 Å². The molecule has 0 saturated carbocycles. The fraction of sp³-hybridized carbons (Fsp3) is 0.105. The summed E-state index contributed by atoms with van der Waals surface area (Å²) in [6.45, 7) is 0. The summed E-state index contributed by atoms with van der Waals surface area (Å²) in [5.74, 6) is 0.502. The summed E-state index contributed by atoms with van der Waals surface area (Å²) in [4.78, 5) is 6.65. The summed E-state index contributed by atoms with van der Waals surface area (Å²) < 4.78 is 0. The SMILES string of the molecule is NC(=NC1C=CC=CC1)N(c1ccccc1)c1ccccc1. The normalized spacial score (nSPS) is 17.5. The molecule has 2 aromatic carbocycles. The number of anilines is 2. The van der Waals surface area contributed by atoms with Crippen molar-refractivity contribution in [3.05, 3.63) is 85.0 Å². The number of guanidine groups is 1. The van der Waals surface area contributed by atoms with Crippen LogP contribution in [0.3, 0.4) is 0 Å². The highest BCUT2D eigenvalue weighted by atomic mass is 15.3. The molecule has 0 bridgehead atoms. The molecule has 1 aliphatic carbocycles. The van der Waals surface area contributed by atoms with Gasteiger partial charge in [0.1, 0.15) is 0 Å². The minimum absolute atomic E-state index is 0.0972. The Labute approximate surface area is 131 Å². The Morgan fingerprint density at radius 3 is 2.00 bits per heavy atom. The third-order valence-corrected chi connectivity index (χ3v) is 3.51. The van der Waals surface area contributed by atoms with Gasteiger partial charge >= 0.3 is 0 Å². The zero-order valence-electron chi connectivity index (χ0n) is 12.3. The van der Waals surface area contributed by atoms with E-state index in [0.29, 0.717) is 5.96 Å². The second-order valence-electron chi connectivity index (χ2n) is 5.11. The standard InChI is InChI=1S/C19H19N3/c20-19(21-16-10-4-1-5-11-16)22(17-12-6-2-7-13-17)18-14-8-3-9-15-18/h1-10,12-16H,11H2,(H2,20,21). The molecule has 0 fully saturated rings. The molecule has 0 amide bonds. The van der Waals surface area contributed by atoms with Gasteiger partial charge in [-0.3, -0.25) is 4.90 Å². The Hall–Kier alpha value is -2.81. The molecule has 0 saturated heterocycles. The van der Waals surface area contributed by atoms with E-state index in [9.17, 15) is 0 Å². The molecule has 3 heteroatoms. The molecule has 0 aliphatic heterocycles. The first-order valence-corrected chi connectivity index (χ1v) is 7.41. The molecule has 0 radical (unpaired) electrons. The summed E-state index contributed by atoms with van der Waals surface area (Å²) in [6.07, 6.45) is 9.11. The zero-order valence-corrected chi connectivity index (χ0v) is 12.3. The van der Waals surface area contributed by atoms with Crippen LogP contribution in [0, 0.1) is 0 Å². The van der Waals surface area contributed by atoms with Gasteiger partial charge in [0.05, 0.1) is 6.04 Å². The minimum Gasteiger partial charge on any atom is -0.369 e. The van der Waals surface area contributed by atoms with Crippen LogP contribution < -0.4 is 10.6 Å². The van der Waals surface area contributed by atoms with Gasteiger partial charge in [0.2, 0.25) is 5.96 Å². The van der Waals surface area contributed by atoms with Crippen molar-refractivity contribution in [2.45, 2.75) is 12.5 Å². The maximum absolute atomic E-state index is 6.33. The van der Waals surface area contributed by atoms with Gasteiger partial charge in [-0.1, -0.05) is 60.7 Å². The highest BCUT2D eigenvalue weighted by Gasteiger charge is 2.14. The highest BCUT2D eigenvalue weighted by molar-refractivity contribution is 6.01. The quantitative estimate of drug-likeness (QED) is 0.685. The van der Waals surface area contributed by atoms with Crippen molar-refractivity contribution in [1.29, 1.82) is 0 Å². The average Bonchev–Trinajstić information content (AvgIpc) is 2.58. The Bertz CT molecular complexity index is 648. The first-order valence-electron chi connectivity index (χ1n) is 7.41. The molecule has 3 nitrogen and oxygen atoms in total. The Kier molecular flexibility index (Phi) is 4.35. The van der Waals surface area contributed by atoms with E-state index in [2.05, 4.69) is 17.1 Å². The molecule has 1 unspecified atom stereocenters. The second kappa shape index (κ2) is 6.76. The van der Waals surface area contributed by atoms with Gasteiger partial charge in [-0.05, 0) is 30.7 Å². The van der Waals surface area contributed by atoms with Gasteiger partial charge in [0.25, 0.3) is 0 Å². The number of nitrogens with zero attached hydrogens (tertiary/aromatic N) is 2. The molecular formula is C19H19N3. The molecule has 0 spiro atoms. The number of nitrogens with two attached hydrogens (primary N) is 1. The average molecular weight is 289 g/mol. The number of rotatable bonds is 3. The first-order chi connectivity index (χ1) is 10.8. The predicted molar refractivity (Wildman–Crippen MR) is 93.3 cm³/mol. The van der Waals surface area contributed by atoms with E-state index in [1.54, 1.807) is 0 Å². The van der Waals surface area contributed by atoms with Crippen LogP contribution in [0.4, 0.5) is 11.4 Å². The third-order valence-electron chi connectivity index (χ3n) is 3.51.